The fourth-order valence-corrected chi connectivity index (χ4v) is 2.68. The molecule has 2 aromatic heterocycles. The number of ether oxygens (including phenoxy) is 1. The number of rotatable bonds is 6. The van der Waals surface area contributed by atoms with E-state index in [1.807, 2.05) is 50.4 Å². The van der Waals surface area contributed by atoms with E-state index >= 15 is 0 Å². The highest BCUT2D eigenvalue weighted by atomic mass is 35.5. The maximum absolute atomic E-state index is 12.3. The molecule has 1 atom stereocenters. The van der Waals surface area contributed by atoms with E-state index in [2.05, 4.69) is 15.5 Å². The van der Waals surface area contributed by atoms with Crippen LogP contribution in [0.4, 0.5) is 0 Å². The third-order valence-electron chi connectivity index (χ3n) is 3.86. The van der Waals surface area contributed by atoms with E-state index in [0.717, 1.165) is 17.1 Å². The number of para-hydroxylation sites is 1. The molecule has 0 aliphatic rings. The minimum Gasteiger partial charge on any atom is -0.462 e. The van der Waals surface area contributed by atoms with Crippen LogP contribution in [-0.4, -0.2) is 31.6 Å². The maximum Gasteiger partial charge on any atom is 0.261 e. The van der Waals surface area contributed by atoms with Gasteiger partial charge < -0.3 is 10.1 Å². The summed E-state index contributed by atoms with van der Waals surface area (Å²) in [6.45, 7) is 3.93. The van der Waals surface area contributed by atoms with Gasteiger partial charge in [-0.15, -0.1) is 5.10 Å². The van der Waals surface area contributed by atoms with Crippen LogP contribution in [0.25, 0.3) is 5.69 Å². The number of carbonyl (C=O) groups excluding carboxylic acids is 1. The van der Waals surface area contributed by atoms with Crippen LogP contribution in [0.15, 0.2) is 42.6 Å². The number of aryl methyl sites for hydroxylation is 2. The minimum absolute atomic E-state index is 0.217. The molecule has 1 N–H and O–H groups in total. The van der Waals surface area contributed by atoms with Gasteiger partial charge in [-0.2, -0.15) is 5.10 Å². The van der Waals surface area contributed by atoms with Crippen molar-refractivity contribution in [3.05, 3.63) is 59.0 Å². The third-order valence-corrected chi connectivity index (χ3v) is 4.12. The molecule has 0 saturated carbocycles. The molecule has 0 fully saturated rings. The molecule has 0 radical (unpaired) electrons. The Balaban J connectivity index is 1.62. The summed E-state index contributed by atoms with van der Waals surface area (Å²) in [7, 11) is 1.84. The summed E-state index contributed by atoms with van der Waals surface area (Å²) in [5.41, 5.74) is 2.67. The standard InChI is InChI=1S/C18H20ClN5O2/c1-12-9-15(23(3)21-12)10-20-17(25)13(2)26-18-16(19)11-24(22-18)14-7-5-4-6-8-14/h4-9,11,13H,10H2,1-3H3,(H,20,25). The highest BCUT2D eigenvalue weighted by molar-refractivity contribution is 6.31. The zero-order valence-electron chi connectivity index (χ0n) is 14.8. The number of nitrogens with one attached hydrogen (secondary N) is 1. The molecule has 1 unspecified atom stereocenters. The van der Waals surface area contributed by atoms with Crippen molar-refractivity contribution < 1.29 is 9.53 Å². The fraction of sp³-hybridized carbons (Fsp3) is 0.278. The number of halogens is 1. The molecule has 2 heterocycles. The average Bonchev–Trinajstić information content (AvgIpc) is 3.15. The van der Waals surface area contributed by atoms with Crippen LogP contribution in [0, 0.1) is 6.92 Å². The van der Waals surface area contributed by atoms with E-state index in [-0.39, 0.29) is 11.8 Å². The molecule has 0 saturated heterocycles. The van der Waals surface area contributed by atoms with Gasteiger partial charge in [-0.3, -0.25) is 9.48 Å². The van der Waals surface area contributed by atoms with Gasteiger partial charge in [0.1, 0.15) is 5.02 Å². The van der Waals surface area contributed by atoms with Gasteiger partial charge in [0.05, 0.1) is 29.8 Å². The molecule has 26 heavy (non-hydrogen) atoms. The molecule has 136 valence electrons. The quantitative estimate of drug-likeness (QED) is 0.720. The second-order valence-electron chi connectivity index (χ2n) is 5.94. The van der Waals surface area contributed by atoms with Gasteiger partial charge in [-0.1, -0.05) is 29.8 Å². The van der Waals surface area contributed by atoms with Crippen LogP contribution in [0.2, 0.25) is 5.02 Å². The van der Waals surface area contributed by atoms with Gasteiger partial charge in [-0.25, -0.2) is 4.68 Å². The number of amides is 1. The molecule has 7 nitrogen and oxygen atoms in total. The zero-order valence-corrected chi connectivity index (χ0v) is 15.6. The summed E-state index contributed by atoms with van der Waals surface area (Å²) < 4.78 is 8.98. The van der Waals surface area contributed by atoms with E-state index in [4.69, 9.17) is 16.3 Å². The highest BCUT2D eigenvalue weighted by Gasteiger charge is 2.19. The van der Waals surface area contributed by atoms with Gasteiger partial charge in [0.15, 0.2) is 6.10 Å². The van der Waals surface area contributed by atoms with Crippen LogP contribution in [0.3, 0.4) is 0 Å². The lowest BCUT2D eigenvalue weighted by atomic mass is 10.3. The molecular formula is C18H20ClN5O2. The van der Waals surface area contributed by atoms with Gasteiger partial charge in [0.25, 0.3) is 11.8 Å². The second-order valence-corrected chi connectivity index (χ2v) is 6.35. The van der Waals surface area contributed by atoms with Crippen LogP contribution in [0.5, 0.6) is 5.88 Å². The average molecular weight is 374 g/mol. The topological polar surface area (TPSA) is 74.0 Å². The summed E-state index contributed by atoms with van der Waals surface area (Å²) in [5, 5.41) is 11.7. The Hall–Kier alpha value is -2.80. The normalized spacial score (nSPS) is 12.0. The van der Waals surface area contributed by atoms with Gasteiger partial charge in [0.2, 0.25) is 0 Å². The first-order chi connectivity index (χ1) is 12.4. The summed E-state index contributed by atoms with van der Waals surface area (Å²) in [4.78, 5) is 12.3. The molecule has 1 aromatic carbocycles. The van der Waals surface area contributed by atoms with Crippen molar-refractivity contribution in [2.45, 2.75) is 26.5 Å². The summed E-state index contributed by atoms with van der Waals surface area (Å²) in [5.74, 6) is -0.0382. The number of nitrogens with zero attached hydrogens (tertiary/aromatic N) is 4. The molecular weight excluding hydrogens is 354 g/mol. The SMILES string of the molecule is Cc1cc(CNC(=O)C(C)Oc2nn(-c3ccccc3)cc2Cl)n(C)n1. The number of aromatic nitrogens is 4. The molecule has 0 spiro atoms. The van der Waals surface area contributed by atoms with Crippen molar-refractivity contribution in [2.75, 3.05) is 0 Å². The van der Waals surface area contributed by atoms with Crippen molar-refractivity contribution >= 4 is 17.5 Å². The lowest BCUT2D eigenvalue weighted by Crippen LogP contribution is -2.36. The summed E-state index contributed by atoms with van der Waals surface area (Å²) in [6.07, 6.45) is 0.913. The van der Waals surface area contributed by atoms with E-state index < -0.39 is 6.10 Å². The Labute approximate surface area is 156 Å². The van der Waals surface area contributed by atoms with E-state index in [0.29, 0.717) is 11.6 Å². The molecule has 0 aliphatic carbocycles. The second kappa shape index (κ2) is 7.61. The van der Waals surface area contributed by atoms with Gasteiger partial charge in [0, 0.05) is 7.05 Å². The van der Waals surface area contributed by atoms with Crippen molar-refractivity contribution in [1.82, 2.24) is 24.9 Å². The van der Waals surface area contributed by atoms with E-state index in [1.165, 1.54) is 0 Å². The van der Waals surface area contributed by atoms with Gasteiger partial charge >= 0.3 is 0 Å². The first-order valence-corrected chi connectivity index (χ1v) is 8.56. The van der Waals surface area contributed by atoms with Crippen molar-refractivity contribution in [3.63, 3.8) is 0 Å². The maximum atomic E-state index is 12.3. The van der Waals surface area contributed by atoms with E-state index in [1.54, 1.807) is 22.5 Å². The number of carbonyl (C=O) groups is 1. The first kappa shape index (κ1) is 18.0. The van der Waals surface area contributed by atoms with Crippen LogP contribution in [0.1, 0.15) is 18.3 Å². The Morgan fingerprint density at radius 1 is 1.31 bits per heavy atom. The Bertz CT molecular complexity index is 904. The van der Waals surface area contributed by atoms with Gasteiger partial charge in [-0.05, 0) is 32.0 Å². The molecule has 0 bridgehead atoms. The zero-order chi connectivity index (χ0) is 18.7. The van der Waals surface area contributed by atoms with Crippen molar-refractivity contribution in [3.8, 4) is 11.6 Å². The first-order valence-electron chi connectivity index (χ1n) is 8.18. The molecule has 0 aliphatic heterocycles. The monoisotopic (exact) mass is 373 g/mol. The molecule has 3 aromatic rings. The predicted molar refractivity (Wildman–Crippen MR) is 98.5 cm³/mol. The Kier molecular flexibility index (Phi) is 5.27. The lowest BCUT2D eigenvalue weighted by molar-refractivity contribution is -0.127. The summed E-state index contributed by atoms with van der Waals surface area (Å²) in [6, 6.07) is 11.5. The van der Waals surface area contributed by atoms with Crippen LogP contribution < -0.4 is 10.1 Å². The minimum atomic E-state index is -0.735. The van der Waals surface area contributed by atoms with Crippen LogP contribution in [-0.2, 0) is 18.4 Å². The Morgan fingerprint density at radius 2 is 2.04 bits per heavy atom. The predicted octanol–water partition coefficient (Wildman–Crippen LogP) is 2.65. The molecule has 8 heteroatoms. The number of hydrogen-bond acceptors (Lipinski definition) is 4. The van der Waals surface area contributed by atoms with Crippen LogP contribution >= 0.6 is 11.6 Å². The highest BCUT2D eigenvalue weighted by Crippen LogP contribution is 2.25. The fourth-order valence-electron chi connectivity index (χ4n) is 2.50. The Morgan fingerprint density at radius 3 is 2.69 bits per heavy atom. The third kappa shape index (κ3) is 4.05. The van der Waals surface area contributed by atoms with Crippen molar-refractivity contribution in [2.24, 2.45) is 7.05 Å². The lowest BCUT2D eigenvalue weighted by Gasteiger charge is -2.13. The summed E-state index contributed by atoms with van der Waals surface area (Å²) >= 11 is 6.19. The van der Waals surface area contributed by atoms with Crippen molar-refractivity contribution in [1.29, 1.82) is 0 Å². The van der Waals surface area contributed by atoms with E-state index in [9.17, 15) is 4.79 Å². The largest absolute Gasteiger partial charge is 0.462 e. The molecule has 1 amide bonds. The smallest absolute Gasteiger partial charge is 0.261 e. The number of hydrogen-bond donors (Lipinski definition) is 1. The molecule has 3 rings (SSSR count). The number of benzene rings is 1.